The monoisotopic (exact) mass is 1410 g/mol. The third-order valence-electron chi connectivity index (χ3n) is 19.6. The number of unbranched alkanes of at least 4 members (excludes halogenated alkanes) is 58. The van der Waals surface area contributed by atoms with Gasteiger partial charge in [-0.05, 0) is 83.5 Å². The van der Waals surface area contributed by atoms with Crippen LogP contribution in [0.1, 0.15) is 450 Å². The molecule has 99 heavy (non-hydrogen) atoms. The van der Waals surface area contributed by atoms with Crippen LogP contribution < -0.4 is 5.73 Å². The van der Waals surface area contributed by atoms with Crippen LogP contribution >= 0.6 is 7.82 Å². The summed E-state index contributed by atoms with van der Waals surface area (Å²) in [6, 6.07) is 0. The number of hydrogen-bond acceptors (Lipinski definition) is 8. The predicted molar refractivity (Wildman–Crippen MR) is 432 cm³/mol. The highest BCUT2D eigenvalue weighted by atomic mass is 31.2. The summed E-state index contributed by atoms with van der Waals surface area (Å²) in [6.45, 7) is 3.70. The summed E-state index contributed by atoms with van der Waals surface area (Å²) in [6.07, 6.45) is 114. The molecule has 0 aliphatic heterocycles. The van der Waals surface area contributed by atoms with Crippen molar-refractivity contribution in [1.29, 1.82) is 0 Å². The van der Waals surface area contributed by atoms with Gasteiger partial charge in [0, 0.05) is 19.4 Å². The first-order chi connectivity index (χ1) is 48.8. The number of allylic oxidation sites excluding steroid dienone is 12. The van der Waals surface area contributed by atoms with Crippen molar-refractivity contribution in [3.63, 3.8) is 0 Å². The summed E-state index contributed by atoms with van der Waals surface area (Å²) in [5.74, 6) is -0.801. The van der Waals surface area contributed by atoms with E-state index < -0.39 is 26.5 Å². The lowest BCUT2D eigenvalue weighted by Crippen LogP contribution is -2.29. The zero-order chi connectivity index (χ0) is 71.5. The largest absolute Gasteiger partial charge is 0.472 e. The third kappa shape index (κ3) is 84.3. The van der Waals surface area contributed by atoms with Gasteiger partial charge in [0.15, 0.2) is 6.10 Å². The maximum Gasteiger partial charge on any atom is 0.472 e. The van der Waals surface area contributed by atoms with E-state index in [2.05, 4.69) is 86.8 Å². The molecule has 0 aromatic carbocycles. The van der Waals surface area contributed by atoms with Gasteiger partial charge in [0.1, 0.15) is 6.61 Å². The summed E-state index contributed by atoms with van der Waals surface area (Å²) in [5.41, 5.74) is 5.42. The maximum atomic E-state index is 12.8. The first-order valence-corrected chi connectivity index (χ1v) is 44.9. The van der Waals surface area contributed by atoms with Gasteiger partial charge in [-0.15, -0.1) is 0 Å². The minimum Gasteiger partial charge on any atom is -0.462 e. The predicted octanol–water partition coefficient (Wildman–Crippen LogP) is 29.4. The minimum absolute atomic E-state index is 0.0558. The number of carbonyl (C=O) groups is 2. The highest BCUT2D eigenvalue weighted by molar-refractivity contribution is 7.47. The van der Waals surface area contributed by atoms with Crippen LogP contribution in [0.4, 0.5) is 0 Å². The lowest BCUT2D eigenvalue weighted by Gasteiger charge is -2.19. The lowest BCUT2D eigenvalue weighted by atomic mass is 10.0. The van der Waals surface area contributed by atoms with Gasteiger partial charge in [-0.3, -0.25) is 18.6 Å². The zero-order valence-corrected chi connectivity index (χ0v) is 66.6. The van der Waals surface area contributed by atoms with E-state index in [0.717, 1.165) is 64.2 Å². The molecule has 10 heteroatoms. The summed E-state index contributed by atoms with van der Waals surface area (Å²) in [7, 11) is -4.40. The van der Waals surface area contributed by atoms with Gasteiger partial charge in [0.2, 0.25) is 0 Å². The van der Waals surface area contributed by atoms with E-state index in [4.69, 9.17) is 24.3 Å². The van der Waals surface area contributed by atoms with Crippen LogP contribution in [0.2, 0.25) is 0 Å². The molecule has 0 aliphatic rings. The van der Waals surface area contributed by atoms with Gasteiger partial charge < -0.3 is 20.1 Å². The molecule has 0 saturated carbocycles. The molecule has 0 aromatic rings. The molecular formula is C89H166NO8P. The smallest absolute Gasteiger partial charge is 0.462 e. The van der Waals surface area contributed by atoms with E-state index >= 15 is 0 Å². The van der Waals surface area contributed by atoms with Gasteiger partial charge >= 0.3 is 19.8 Å². The molecule has 0 amide bonds. The molecule has 0 saturated heterocycles. The molecule has 580 valence electrons. The molecule has 2 unspecified atom stereocenters. The average molecular weight is 1410 g/mol. The summed E-state index contributed by atoms with van der Waals surface area (Å²) in [5, 5.41) is 0. The Labute approximate surface area is 615 Å². The fourth-order valence-electron chi connectivity index (χ4n) is 13.2. The average Bonchev–Trinajstić information content (AvgIpc) is 1.19. The second-order valence-electron chi connectivity index (χ2n) is 29.4. The SMILES string of the molecule is CC/C=C\C/C=C\C/C=C\C/C=C\CCCCCCCCCCCCCCCCCCCCCCCCCCCCCCC(=O)OC(COC(=O)CCCCCCCCCCCCCCCCCCCCCCCCCCC/C=C\C/C=C\CCCCCCC)COP(=O)(O)OCCN. The Balaban J connectivity index is 3.71. The van der Waals surface area contributed by atoms with Gasteiger partial charge in [-0.25, -0.2) is 4.57 Å². The molecule has 0 bridgehead atoms. The van der Waals surface area contributed by atoms with Crippen LogP contribution in [0.3, 0.4) is 0 Å². The number of carbonyl (C=O) groups excluding carboxylic acids is 2. The first-order valence-electron chi connectivity index (χ1n) is 43.4. The Hall–Kier alpha value is -2.55. The van der Waals surface area contributed by atoms with E-state index in [1.54, 1.807) is 0 Å². The van der Waals surface area contributed by atoms with Crippen molar-refractivity contribution >= 4 is 19.8 Å². The quantitative estimate of drug-likeness (QED) is 0.0264. The van der Waals surface area contributed by atoms with Crippen molar-refractivity contribution < 1.29 is 37.6 Å². The number of ether oxygens (including phenoxy) is 2. The fraction of sp³-hybridized carbons (Fsp3) is 0.843. The Morgan fingerprint density at radius 1 is 0.313 bits per heavy atom. The maximum absolute atomic E-state index is 12.8. The number of rotatable bonds is 83. The second kappa shape index (κ2) is 84.4. The van der Waals surface area contributed by atoms with Crippen LogP contribution in [0.25, 0.3) is 0 Å². The highest BCUT2D eigenvalue weighted by Gasteiger charge is 2.26. The van der Waals surface area contributed by atoms with E-state index in [1.807, 2.05) is 0 Å². The third-order valence-corrected chi connectivity index (χ3v) is 20.6. The van der Waals surface area contributed by atoms with Crippen LogP contribution in [-0.2, 0) is 32.7 Å². The van der Waals surface area contributed by atoms with Crippen molar-refractivity contribution in [2.45, 2.75) is 457 Å². The van der Waals surface area contributed by atoms with Crippen molar-refractivity contribution in [2.24, 2.45) is 5.73 Å². The topological polar surface area (TPSA) is 134 Å². The van der Waals surface area contributed by atoms with Gasteiger partial charge in [-0.1, -0.05) is 427 Å². The van der Waals surface area contributed by atoms with Gasteiger partial charge in [-0.2, -0.15) is 0 Å². The minimum atomic E-state index is -4.40. The van der Waals surface area contributed by atoms with E-state index in [1.165, 1.54) is 353 Å². The lowest BCUT2D eigenvalue weighted by molar-refractivity contribution is -0.161. The van der Waals surface area contributed by atoms with Gasteiger partial charge in [0.25, 0.3) is 0 Å². The molecule has 3 N–H and O–H groups in total. The van der Waals surface area contributed by atoms with Crippen LogP contribution in [0.15, 0.2) is 72.9 Å². The molecule has 0 spiro atoms. The van der Waals surface area contributed by atoms with Crippen molar-refractivity contribution in [2.75, 3.05) is 26.4 Å². The number of esters is 2. The van der Waals surface area contributed by atoms with Crippen LogP contribution in [-0.4, -0.2) is 49.3 Å². The number of hydrogen-bond donors (Lipinski definition) is 2. The number of nitrogens with two attached hydrogens (primary N) is 1. The molecule has 0 fully saturated rings. The van der Waals surface area contributed by atoms with E-state index in [-0.39, 0.29) is 38.6 Å². The molecular weight excluding hydrogens is 1240 g/mol. The molecule has 0 radical (unpaired) electrons. The van der Waals surface area contributed by atoms with Crippen molar-refractivity contribution in [3.8, 4) is 0 Å². The Kier molecular flexibility index (Phi) is 82.2. The molecule has 0 aromatic heterocycles. The second-order valence-corrected chi connectivity index (χ2v) is 30.8. The van der Waals surface area contributed by atoms with Gasteiger partial charge in [0.05, 0.1) is 13.2 Å². The fourth-order valence-corrected chi connectivity index (χ4v) is 14.0. The molecule has 2 atom stereocenters. The summed E-state index contributed by atoms with van der Waals surface area (Å²) in [4.78, 5) is 35.5. The molecule has 0 aliphatic carbocycles. The summed E-state index contributed by atoms with van der Waals surface area (Å²) >= 11 is 0. The van der Waals surface area contributed by atoms with Crippen LogP contribution in [0.5, 0.6) is 0 Å². The first kappa shape index (κ1) is 96.4. The van der Waals surface area contributed by atoms with E-state index in [9.17, 15) is 19.0 Å². The van der Waals surface area contributed by atoms with E-state index in [0.29, 0.717) is 6.42 Å². The Morgan fingerprint density at radius 3 is 0.828 bits per heavy atom. The Morgan fingerprint density at radius 2 is 0.556 bits per heavy atom. The van der Waals surface area contributed by atoms with Crippen LogP contribution in [0, 0.1) is 0 Å². The summed E-state index contributed by atoms with van der Waals surface area (Å²) < 4.78 is 33.3. The molecule has 0 rings (SSSR count). The number of phosphoric acid groups is 1. The standard InChI is InChI=1S/C89H166NO8P/c1-3-5-7-9-11-13-15-17-19-21-23-25-27-29-31-33-35-37-39-41-42-43-44-46-48-50-52-54-56-58-60-62-64-66-68-70-72-74-76-78-80-82-89(92)98-87(86-97-99(93,94)96-84-83-90)85-95-88(91)81-79-77-75-73-71-69-67-65-63-61-59-57-55-53-51-49-47-45-40-38-36-34-32-30-28-26-24-22-20-18-16-14-12-10-8-6-4-2/h5,7,11,13,16-19,22-25,87H,3-4,6,8-10,12,14-15,20-21,26-86,90H2,1-2H3,(H,93,94)/b7-5-,13-11-,18-16-,19-17-,24-22-,25-23-. The highest BCUT2D eigenvalue weighted by Crippen LogP contribution is 2.43. The van der Waals surface area contributed by atoms with Crippen molar-refractivity contribution in [3.05, 3.63) is 72.9 Å². The molecule has 0 heterocycles. The Bertz CT molecular complexity index is 1860. The normalized spacial score (nSPS) is 13.1. The number of phosphoric ester groups is 1. The zero-order valence-electron chi connectivity index (χ0n) is 65.7. The van der Waals surface area contributed by atoms with Crippen molar-refractivity contribution in [1.82, 2.24) is 0 Å². The molecule has 9 nitrogen and oxygen atoms in total.